The number of Topliss-reactive ketones (excluding diaryl/α,β-unsaturated/α-hetero) is 1. The van der Waals surface area contributed by atoms with Gasteiger partial charge in [0.25, 0.3) is 0 Å². The van der Waals surface area contributed by atoms with Crippen molar-refractivity contribution in [3.05, 3.63) is 34.9 Å². The fraction of sp³-hybridized carbons (Fsp3) is 0.231. The summed E-state index contributed by atoms with van der Waals surface area (Å²) in [5.74, 6) is -3.08. The molecule has 0 heterocycles. The number of nitrogens with two attached hydrogens (primary N) is 1. The molecular formula is C13H13NO5. The van der Waals surface area contributed by atoms with E-state index < -0.39 is 23.7 Å². The Labute approximate surface area is 109 Å². The van der Waals surface area contributed by atoms with Gasteiger partial charge in [-0.25, -0.2) is 0 Å². The van der Waals surface area contributed by atoms with E-state index in [0.29, 0.717) is 12.6 Å². The molecule has 0 spiro atoms. The molecule has 6 nitrogen and oxygen atoms in total. The van der Waals surface area contributed by atoms with Gasteiger partial charge in [-0.1, -0.05) is 18.2 Å². The fourth-order valence-corrected chi connectivity index (χ4v) is 1.62. The third-order valence-corrected chi connectivity index (χ3v) is 2.86. The molecule has 6 heteroatoms. The number of carbonyl (C=O) groups is 4. The molecule has 1 rings (SSSR count). The topological polar surface area (TPSA) is 115 Å². The van der Waals surface area contributed by atoms with Gasteiger partial charge in [-0.05, 0) is 6.92 Å². The summed E-state index contributed by atoms with van der Waals surface area (Å²) in [6.07, 6.45) is 0.858. The minimum absolute atomic E-state index is 0.0163. The Hall–Kier alpha value is -2.34. The molecule has 0 radical (unpaired) electrons. The maximum Gasteiger partial charge on any atom is 0.308 e. The predicted octanol–water partition coefficient (Wildman–Crippen LogP) is 0.542. The van der Waals surface area contributed by atoms with Crippen LogP contribution in [0.1, 0.15) is 38.0 Å². The molecule has 19 heavy (non-hydrogen) atoms. The van der Waals surface area contributed by atoms with E-state index in [1.54, 1.807) is 0 Å². The first kappa shape index (κ1) is 14.7. The van der Waals surface area contributed by atoms with E-state index in [0.717, 1.165) is 0 Å². The molecule has 2 atom stereocenters. The number of benzene rings is 1. The second-order valence-corrected chi connectivity index (χ2v) is 4.06. The largest absolute Gasteiger partial charge is 0.481 e. The van der Waals surface area contributed by atoms with Crippen molar-refractivity contribution in [3.8, 4) is 0 Å². The fourth-order valence-electron chi connectivity index (χ4n) is 1.62. The van der Waals surface area contributed by atoms with Crippen LogP contribution in [0.3, 0.4) is 0 Å². The highest BCUT2D eigenvalue weighted by molar-refractivity contribution is 6.11. The maximum atomic E-state index is 12.1. The van der Waals surface area contributed by atoms with Crippen LogP contribution in [0.25, 0.3) is 0 Å². The van der Waals surface area contributed by atoms with E-state index in [2.05, 4.69) is 0 Å². The number of carboxylic acids is 1. The van der Waals surface area contributed by atoms with Gasteiger partial charge < -0.3 is 10.8 Å². The third-order valence-electron chi connectivity index (χ3n) is 2.86. The minimum atomic E-state index is -1.32. The summed E-state index contributed by atoms with van der Waals surface area (Å²) in [4.78, 5) is 44.8. The molecule has 0 saturated heterocycles. The lowest BCUT2D eigenvalue weighted by atomic mass is 9.89. The monoisotopic (exact) mass is 263 g/mol. The van der Waals surface area contributed by atoms with Gasteiger partial charge in [0.1, 0.15) is 0 Å². The van der Waals surface area contributed by atoms with E-state index in [4.69, 9.17) is 10.8 Å². The molecule has 1 unspecified atom stereocenters. The lowest BCUT2D eigenvalue weighted by Gasteiger charge is -2.16. The molecular weight excluding hydrogens is 250 g/mol. The first-order chi connectivity index (χ1) is 8.93. The van der Waals surface area contributed by atoms with Crippen molar-refractivity contribution < 1.29 is 24.3 Å². The van der Waals surface area contributed by atoms with Crippen LogP contribution in [0.4, 0.5) is 0 Å². The summed E-state index contributed by atoms with van der Waals surface area (Å²) < 4.78 is 0. The van der Waals surface area contributed by atoms with E-state index in [-0.39, 0.29) is 16.7 Å². The van der Waals surface area contributed by atoms with Crippen LogP contribution < -0.4 is 5.73 Å². The quantitative estimate of drug-likeness (QED) is 0.572. The molecule has 1 aromatic carbocycles. The van der Waals surface area contributed by atoms with E-state index in [9.17, 15) is 19.2 Å². The Balaban J connectivity index is 3.29. The van der Waals surface area contributed by atoms with Crippen LogP contribution in [-0.4, -0.2) is 35.5 Å². The lowest BCUT2D eigenvalue weighted by molar-refractivity contribution is -0.141. The highest BCUT2D eigenvalue weighted by atomic mass is 16.4. The molecule has 100 valence electrons. The number of carbonyl (C=O) groups excluding carboxylic acids is 3. The Morgan fingerprint density at radius 2 is 1.68 bits per heavy atom. The van der Waals surface area contributed by atoms with Gasteiger partial charge in [-0.2, -0.15) is 0 Å². The normalized spacial score (nSPS) is 13.4. The number of aldehydes is 2. The molecule has 0 fully saturated rings. The Bertz CT molecular complexity index is 512. The zero-order valence-corrected chi connectivity index (χ0v) is 10.2. The maximum absolute atomic E-state index is 12.1. The van der Waals surface area contributed by atoms with Crippen LogP contribution >= 0.6 is 0 Å². The Morgan fingerprint density at radius 1 is 1.21 bits per heavy atom. The smallest absolute Gasteiger partial charge is 0.308 e. The molecule has 0 aliphatic heterocycles. The first-order valence-electron chi connectivity index (χ1n) is 5.50. The molecule has 0 aliphatic carbocycles. The molecule has 0 aromatic heterocycles. The van der Waals surface area contributed by atoms with Gasteiger partial charge in [0.2, 0.25) is 0 Å². The Kier molecular flexibility index (Phi) is 4.66. The highest BCUT2D eigenvalue weighted by Crippen LogP contribution is 2.17. The van der Waals surface area contributed by atoms with Crippen molar-refractivity contribution in [2.75, 3.05) is 0 Å². The van der Waals surface area contributed by atoms with Crippen molar-refractivity contribution in [1.29, 1.82) is 0 Å². The van der Waals surface area contributed by atoms with Crippen molar-refractivity contribution >= 4 is 24.3 Å². The number of hydrogen-bond donors (Lipinski definition) is 2. The van der Waals surface area contributed by atoms with Gasteiger partial charge in [0.15, 0.2) is 18.4 Å². The van der Waals surface area contributed by atoms with Gasteiger partial charge in [0.05, 0.1) is 12.0 Å². The summed E-state index contributed by atoms with van der Waals surface area (Å²) in [7, 11) is 0. The summed E-state index contributed by atoms with van der Waals surface area (Å²) in [5, 5.41) is 8.83. The number of rotatable bonds is 6. The predicted molar refractivity (Wildman–Crippen MR) is 66.3 cm³/mol. The molecule has 0 amide bonds. The van der Waals surface area contributed by atoms with Gasteiger partial charge in [0, 0.05) is 16.7 Å². The van der Waals surface area contributed by atoms with Crippen molar-refractivity contribution in [3.63, 3.8) is 0 Å². The Morgan fingerprint density at radius 3 is 2.05 bits per heavy atom. The van der Waals surface area contributed by atoms with E-state index in [1.807, 2.05) is 0 Å². The summed E-state index contributed by atoms with van der Waals surface area (Å²) in [6, 6.07) is 2.87. The minimum Gasteiger partial charge on any atom is -0.481 e. The second-order valence-electron chi connectivity index (χ2n) is 4.06. The highest BCUT2D eigenvalue weighted by Gasteiger charge is 2.29. The van der Waals surface area contributed by atoms with Crippen LogP contribution in [0.15, 0.2) is 18.2 Å². The van der Waals surface area contributed by atoms with Crippen molar-refractivity contribution in [2.24, 2.45) is 11.7 Å². The first-order valence-corrected chi connectivity index (χ1v) is 5.50. The third kappa shape index (κ3) is 2.92. The molecule has 0 bridgehead atoms. The summed E-state index contributed by atoms with van der Waals surface area (Å²) in [6.45, 7) is 1.29. The molecule has 3 N–H and O–H groups in total. The van der Waals surface area contributed by atoms with Crippen LogP contribution in [0.2, 0.25) is 0 Å². The van der Waals surface area contributed by atoms with Crippen LogP contribution in [-0.2, 0) is 4.79 Å². The summed E-state index contributed by atoms with van der Waals surface area (Å²) >= 11 is 0. The van der Waals surface area contributed by atoms with Crippen LogP contribution in [0, 0.1) is 5.92 Å². The number of carboxylic acid groups (broad SMARTS) is 1. The zero-order valence-electron chi connectivity index (χ0n) is 10.2. The van der Waals surface area contributed by atoms with Crippen molar-refractivity contribution in [2.45, 2.75) is 13.0 Å². The SMILES string of the molecule is CC(C(=O)O)[C@H](N)C(=O)c1c(C=O)cccc1C=O. The number of hydrogen-bond acceptors (Lipinski definition) is 5. The van der Waals surface area contributed by atoms with E-state index in [1.165, 1.54) is 25.1 Å². The standard InChI is InChI=1S/C13H13NO5/c1-7(13(18)19)11(14)12(17)10-8(5-15)3-2-4-9(10)6-16/h2-7,11H,14H2,1H3,(H,18,19)/t7?,11-/m0/s1. The second kappa shape index (κ2) is 6.01. The van der Waals surface area contributed by atoms with Gasteiger partial charge in [-0.3, -0.25) is 19.2 Å². The molecule has 1 aromatic rings. The average Bonchev–Trinajstić information content (AvgIpc) is 2.43. The lowest BCUT2D eigenvalue weighted by Crippen LogP contribution is -2.41. The van der Waals surface area contributed by atoms with Gasteiger partial charge >= 0.3 is 5.97 Å². The number of ketones is 1. The molecule has 0 aliphatic rings. The van der Waals surface area contributed by atoms with Gasteiger partial charge in [-0.15, -0.1) is 0 Å². The van der Waals surface area contributed by atoms with E-state index >= 15 is 0 Å². The summed E-state index contributed by atoms with van der Waals surface area (Å²) in [5.41, 5.74) is 5.48. The van der Waals surface area contributed by atoms with Crippen LogP contribution in [0.5, 0.6) is 0 Å². The molecule has 0 saturated carbocycles. The number of aliphatic carboxylic acids is 1. The van der Waals surface area contributed by atoms with Crippen molar-refractivity contribution in [1.82, 2.24) is 0 Å². The zero-order chi connectivity index (χ0) is 14.6. The average molecular weight is 263 g/mol.